The molecule has 1 unspecified atom stereocenters. The van der Waals surface area contributed by atoms with Gasteiger partial charge in [0.05, 0.1) is 0 Å². The highest BCUT2D eigenvalue weighted by Gasteiger charge is 2.12. The molecule has 0 spiro atoms. The summed E-state index contributed by atoms with van der Waals surface area (Å²) in [5, 5.41) is 5.01. The molecule has 0 rings (SSSR count). The molecule has 1 atom stereocenters. The van der Waals surface area contributed by atoms with Crippen LogP contribution in [0.4, 0.5) is 0 Å². The zero-order valence-electron chi connectivity index (χ0n) is 7.19. The standard InChI is InChI=1S/C7H13ClN2O2/c1-3-9-7(12)5(2)10-6(11)4-8/h5H,3-4H2,1-2H3,(H,9,12)(H,10,11). The van der Waals surface area contributed by atoms with Crippen molar-refractivity contribution in [2.24, 2.45) is 0 Å². The molecule has 0 bridgehead atoms. The molecule has 0 fully saturated rings. The third-order valence-electron chi connectivity index (χ3n) is 1.24. The van der Waals surface area contributed by atoms with E-state index < -0.39 is 6.04 Å². The van der Waals surface area contributed by atoms with Gasteiger partial charge in [-0.2, -0.15) is 0 Å². The number of halogens is 1. The number of alkyl halides is 1. The quantitative estimate of drug-likeness (QED) is 0.610. The second kappa shape index (κ2) is 5.83. The first kappa shape index (κ1) is 11.2. The SMILES string of the molecule is CCNC(=O)C(C)NC(=O)CCl. The van der Waals surface area contributed by atoms with E-state index >= 15 is 0 Å². The van der Waals surface area contributed by atoms with Crippen LogP contribution in [0.2, 0.25) is 0 Å². The van der Waals surface area contributed by atoms with E-state index in [0.29, 0.717) is 6.54 Å². The predicted octanol–water partition coefficient (Wildman–Crippen LogP) is -0.134. The summed E-state index contributed by atoms with van der Waals surface area (Å²) in [5.41, 5.74) is 0. The van der Waals surface area contributed by atoms with Gasteiger partial charge in [0, 0.05) is 6.54 Å². The van der Waals surface area contributed by atoms with E-state index in [1.807, 2.05) is 6.92 Å². The Bertz CT molecular complexity index is 173. The number of hydrogen-bond donors (Lipinski definition) is 2. The van der Waals surface area contributed by atoms with Gasteiger partial charge >= 0.3 is 0 Å². The molecule has 0 aliphatic carbocycles. The van der Waals surface area contributed by atoms with Crippen LogP contribution in [0.25, 0.3) is 0 Å². The molecule has 12 heavy (non-hydrogen) atoms. The Morgan fingerprint density at radius 1 is 1.50 bits per heavy atom. The van der Waals surface area contributed by atoms with Gasteiger partial charge in [-0.3, -0.25) is 9.59 Å². The first-order chi connectivity index (χ1) is 5.61. The lowest BCUT2D eigenvalue weighted by atomic mass is 10.3. The number of likely N-dealkylation sites (N-methyl/N-ethyl adjacent to an activating group) is 1. The van der Waals surface area contributed by atoms with Crippen LogP contribution in [0, 0.1) is 0 Å². The van der Waals surface area contributed by atoms with E-state index in [0.717, 1.165) is 0 Å². The van der Waals surface area contributed by atoms with Crippen molar-refractivity contribution >= 4 is 23.4 Å². The molecule has 0 aromatic heterocycles. The van der Waals surface area contributed by atoms with Crippen LogP contribution in [-0.4, -0.2) is 30.3 Å². The average molecular weight is 193 g/mol. The molecule has 0 aromatic rings. The first-order valence-corrected chi connectivity index (χ1v) is 4.28. The molecule has 0 saturated heterocycles. The Morgan fingerprint density at radius 2 is 2.08 bits per heavy atom. The topological polar surface area (TPSA) is 58.2 Å². The van der Waals surface area contributed by atoms with Gasteiger partial charge in [-0.05, 0) is 13.8 Å². The second-order valence-electron chi connectivity index (χ2n) is 2.32. The van der Waals surface area contributed by atoms with E-state index in [1.165, 1.54) is 0 Å². The molecule has 70 valence electrons. The van der Waals surface area contributed by atoms with Gasteiger partial charge in [-0.1, -0.05) is 0 Å². The monoisotopic (exact) mass is 192 g/mol. The highest BCUT2D eigenvalue weighted by molar-refractivity contribution is 6.27. The lowest BCUT2D eigenvalue weighted by Crippen LogP contribution is -2.45. The molecule has 2 amide bonds. The fourth-order valence-electron chi connectivity index (χ4n) is 0.673. The Kier molecular flexibility index (Phi) is 5.45. The zero-order valence-corrected chi connectivity index (χ0v) is 7.94. The van der Waals surface area contributed by atoms with Crippen LogP contribution in [0.5, 0.6) is 0 Å². The summed E-state index contributed by atoms with van der Waals surface area (Å²) in [6, 6.07) is -0.517. The van der Waals surface area contributed by atoms with Crippen molar-refractivity contribution in [1.82, 2.24) is 10.6 Å². The predicted molar refractivity (Wildman–Crippen MR) is 47.0 cm³/mol. The van der Waals surface area contributed by atoms with E-state index in [2.05, 4.69) is 10.6 Å². The van der Waals surface area contributed by atoms with Gasteiger partial charge in [0.1, 0.15) is 11.9 Å². The van der Waals surface area contributed by atoms with Gasteiger partial charge in [-0.15, -0.1) is 11.6 Å². The van der Waals surface area contributed by atoms with Crippen LogP contribution in [0.1, 0.15) is 13.8 Å². The van der Waals surface area contributed by atoms with Gasteiger partial charge < -0.3 is 10.6 Å². The summed E-state index contributed by atoms with van der Waals surface area (Å²) in [5.74, 6) is -0.657. The Balaban J connectivity index is 3.78. The molecule has 0 aliphatic rings. The minimum atomic E-state index is -0.517. The van der Waals surface area contributed by atoms with Gasteiger partial charge in [0.15, 0.2) is 0 Å². The number of nitrogens with one attached hydrogen (secondary N) is 2. The molecule has 0 saturated carbocycles. The van der Waals surface area contributed by atoms with Gasteiger partial charge in [-0.25, -0.2) is 0 Å². The average Bonchev–Trinajstić information content (AvgIpc) is 2.04. The van der Waals surface area contributed by atoms with Crippen molar-refractivity contribution in [3.63, 3.8) is 0 Å². The highest BCUT2D eigenvalue weighted by atomic mass is 35.5. The third kappa shape index (κ3) is 4.18. The fraction of sp³-hybridized carbons (Fsp3) is 0.714. The lowest BCUT2D eigenvalue weighted by molar-refractivity contribution is -0.127. The normalized spacial score (nSPS) is 11.9. The molecular weight excluding hydrogens is 180 g/mol. The largest absolute Gasteiger partial charge is 0.355 e. The van der Waals surface area contributed by atoms with Crippen molar-refractivity contribution in [3.05, 3.63) is 0 Å². The Labute approximate surface area is 76.7 Å². The van der Waals surface area contributed by atoms with Crippen LogP contribution >= 0.6 is 11.6 Å². The Morgan fingerprint density at radius 3 is 2.50 bits per heavy atom. The summed E-state index contributed by atoms with van der Waals surface area (Å²) in [6.07, 6.45) is 0. The van der Waals surface area contributed by atoms with Crippen LogP contribution in [0.3, 0.4) is 0 Å². The maximum Gasteiger partial charge on any atom is 0.242 e. The molecule has 2 N–H and O–H groups in total. The molecule has 5 heteroatoms. The van der Waals surface area contributed by atoms with E-state index in [1.54, 1.807) is 6.92 Å². The number of hydrogen-bond acceptors (Lipinski definition) is 2. The van der Waals surface area contributed by atoms with Crippen LogP contribution < -0.4 is 10.6 Å². The number of carbonyl (C=O) groups excluding carboxylic acids is 2. The maximum absolute atomic E-state index is 11.0. The van der Waals surface area contributed by atoms with Crippen molar-refractivity contribution in [1.29, 1.82) is 0 Å². The van der Waals surface area contributed by atoms with E-state index in [4.69, 9.17) is 11.6 Å². The fourth-order valence-corrected chi connectivity index (χ4v) is 0.750. The summed E-state index contributed by atoms with van der Waals surface area (Å²) in [7, 11) is 0. The molecule has 0 aromatic carbocycles. The minimum Gasteiger partial charge on any atom is -0.355 e. The third-order valence-corrected chi connectivity index (χ3v) is 1.49. The Hall–Kier alpha value is -0.770. The molecule has 0 aliphatic heterocycles. The summed E-state index contributed by atoms with van der Waals surface area (Å²) in [6.45, 7) is 3.98. The van der Waals surface area contributed by atoms with Crippen LogP contribution in [0.15, 0.2) is 0 Å². The second-order valence-corrected chi connectivity index (χ2v) is 2.58. The number of amides is 2. The molecule has 0 radical (unpaired) electrons. The highest BCUT2D eigenvalue weighted by Crippen LogP contribution is 1.83. The molecule has 0 heterocycles. The minimum absolute atomic E-state index is 0.121. The number of carbonyl (C=O) groups is 2. The smallest absolute Gasteiger partial charge is 0.242 e. The van der Waals surface area contributed by atoms with E-state index in [-0.39, 0.29) is 17.7 Å². The lowest BCUT2D eigenvalue weighted by Gasteiger charge is -2.11. The van der Waals surface area contributed by atoms with Crippen molar-refractivity contribution in [3.8, 4) is 0 Å². The zero-order chi connectivity index (χ0) is 9.56. The van der Waals surface area contributed by atoms with Gasteiger partial charge in [0.25, 0.3) is 0 Å². The van der Waals surface area contributed by atoms with Crippen molar-refractivity contribution < 1.29 is 9.59 Å². The molecular formula is C7H13ClN2O2. The van der Waals surface area contributed by atoms with E-state index in [9.17, 15) is 9.59 Å². The first-order valence-electron chi connectivity index (χ1n) is 3.74. The molecule has 4 nitrogen and oxygen atoms in total. The summed E-state index contributed by atoms with van der Waals surface area (Å²) < 4.78 is 0. The summed E-state index contributed by atoms with van der Waals surface area (Å²) in [4.78, 5) is 21.7. The van der Waals surface area contributed by atoms with Crippen molar-refractivity contribution in [2.45, 2.75) is 19.9 Å². The number of rotatable bonds is 4. The summed E-state index contributed by atoms with van der Waals surface area (Å²) >= 11 is 5.23. The maximum atomic E-state index is 11.0. The van der Waals surface area contributed by atoms with Crippen LogP contribution in [-0.2, 0) is 9.59 Å². The van der Waals surface area contributed by atoms with Gasteiger partial charge in [0.2, 0.25) is 11.8 Å². The van der Waals surface area contributed by atoms with Crippen molar-refractivity contribution in [2.75, 3.05) is 12.4 Å².